The zero-order chi connectivity index (χ0) is 10.7. The Morgan fingerprint density at radius 1 is 1.53 bits per heavy atom. The van der Waals surface area contributed by atoms with Gasteiger partial charge in [-0.05, 0) is 12.1 Å². The number of carboxylic acid groups (broad SMARTS) is 1. The summed E-state index contributed by atoms with van der Waals surface area (Å²) >= 11 is 0. The standard InChI is InChI=1S/C9H7N3O3/c13-8(14)5-10-12-9-11-6-3-1-2-4-7(6)15-9/h1-5H,(H,11,12)(H,13,14)/b10-5-. The van der Waals surface area contributed by atoms with Crippen LogP contribution < -0.4 is 5.43 Å². The number of hydrogen-bond acceptors (Lipinski definition) is 5. The smallest absolute Gasteiger partial charge is 0.348 e. The maximum absolute atomic E-state index is 10.1. The number of carbonyl (C=O) groups is 1. The molecule has 0 aliphatic carbocycles. The number of aromatic nitrogens is 1. The first kappa shape index (κ1) is 9.20. The quantitative estimate of drug-likeness (QED) is 0.582. The maximum atomic E-state index is 10.1. The lowest BCUT2D eigenvalue weighted by Gasteiger charge is -1.88. The Morgan fingerprint density at radius 2 is 2.33 bits per heavy atom. The predicted molar refractivity (Wildman–Crippen MR) is 53.8 cm³/mol. The molecule has 1 aromatic heterocycles. The summed E-state index contributed by atoms with van der Waals surface area (Å²) in [6.45, 7) is 0. The Bertz CT molecular complexity index is 485. The van der Waals surface area contributed by atoms with Crippen molar-refractivity contribution in [2.75, 3.05) is 5.43 Å². The number of para-hydroxylation sites is 2. The lowest BCUT2D eigenvalue weighted by Crippen LogP contribution is -1.98. The molecular formula is C9H7N3O3. The first-order chi connectivity index (χ1) is 7.25. The van der Waals surface area contributed by atoms with Gasteiger partial charge in [-0.2, -0.15) is 10.1 Å². The predicted octanol–water partition coefficient (Wildman–Crippen LogP) is 1.31. The zero-order valence-corrected chi connectivity index (χ0v) is 7.54. The van der Waals surface area contributed by atoms with E-state index in [9.17, 15) is 4.79 Å². The van der Waals surface area contributed by atoms with Crippen molar-refractivity contribution >= 4 is 29.3 Å². The third kappa shape index (κ3) is 2.11. The van der Waals surface area contributed by atoms with Gasteiger partial charge >= 0.3 is 12.0 Å². The number of fused-ring (bicyclic) bond motifs is 1. The third-order valence-corrected chi connectivity index (χ3v) is 1.63. The number of carboxylic acids is 1. The molecule has 1 heterocycles. The summed E-state index contributed by atoms with van der Waals surface area (Å²) in [5.41, 5.74) is 3.68. The van der Waals surface area contributed by atoms with Crippen molar-refractivity contribution in [1.29, 1.82) is 0 Å². The number of benzene rings is 1. The van der Waals surface area contributed by atoms with Crippen molar-refractivity contribution in [2.45, 2.75) is 0 Å². The summed E-state index contributed by atoms with van der Waals surface area (Å²) < 4.78 is 5.22. The fourth-order valence-corrected chi connectivity index (χ4v) is 1.06. The van der Waals surface area contributed by atoms with E-state index in [2.05, 4.69) is 15.5 Å². The second-order valence-corrected chi connectivity index (χ2v) is 2.69. The molecule has 0 radical (unpaired) electrons. The number of nitrogens with zero attached hydrogens (tertiary/aromatic N) is 2. The first-order valence-electron chi connectivity index (χ1n) is 4.13. The largest absolute Gasteiger partial charge is 0.477 e. The summed E-state index contributed by atoms with van der Waals surface area (Å²) in [5.74, 6) is -1.14. The molecule has 6 heteroatoms. The fraction of sp³-hybridized carbons (Fsp3) is 0. The van der Waals surface area contributed by atoms with Gasteiger partial charge in [0.1, 0.15) is 11.7 Å². The Labute approximate surface area is 84.2 Å². The molecule has 2 aromatic rings. The van der Waals surface area contributed by atoms with Crippen LogP contribution in [0.1, 0.15) is 0 Å². The second-order valence-electron chi connectivity index (χ2n) is 2.69. The highest BCUT2D eigenvalue weighted by Gasteiger charge is 2.02. The topological polar surface area (TPSA) is 87.7 Å². The molecule has 1 aromatic carbocycles. The highest BCUT2D eigenvalue weighted by Crippen LogP contribution is 2.17. The van der Waals surface area contributed by atoms with Crippen LogP contribution in [0, 0.1) is 0 Å². The van der Waals surface area contributed by atoms with Crippen LogP contribution in [0.25, 0.3) is 11.1 Å². The summed E-state index contributed by atoms with van der Waals surface area (Å²) in [6, 6.07) is 7.35. The van der Waals surface area contributed by atoms with Gasteiger partial charge in [0.05, 0.1) is 0 Å². The van der Waals surface area contributed by atoms with Gasteiger partial charge in [0.2, 0.25) is 0 Å². The van der Waals surface area contributed by atoms with Crippen LogP contribution in [0.4, 0.5) is 6.01 Å². The SMILES string of the molecule is O=C(O)/C=N\Nc1nc2ccccc2o1. The van der Waals surface area contributed by atoms with Gasteiger partial charge in [-0.3, -0.25) is 0 Å². The lowest BCUT2D eigenvalue weighted by molar-refractivity contribution is -0.128. The van der Waals surface area contributed by atoms with E-state index in [1.165, 1.54) is 0 Å². The van der Waals surface area contributed by atoms with Crippen molar-refractivity contribution < 1.29 is 14.3 Å². The molecule has 2 rings (SSSR count). The molecule has 6 nitrogen and oxygen atoms in total. The van der Waals surface area contributed by atoms with E-state index in [1.807, 2.05) is 12.1 Å². The van der Waals surface area contributed by atoms with E-state index in [0.29, 0.717) is 11.1 Å². The van der Waals surface area contributed by atoms with Crippen molar-refractivity contribution in [2.24, 2.45) is 5.10 Å². The van der Waals surface area contributed by atoms with E-state index in [0.717, 1.165) is 6.21 Å². The molecule has 0 atom stereocenters. The minimum absolute atomic E-state index is 0.161. The number of aliphatic carboxylic acids is 1. The fourth-order valence-electron chi connectivity index (χ4n) is 1.06. The molecule has 0 spiro atoms. The van der Waals surface area contributed by atoms with E-state index in [-0.39, 0.29) is 6.01 Å². The molecule has 0 saturated carbocycles. The highest BCUT2D eigenvalue weighted by atomic mass is 16.4. The van der Waals surface area contributed by atoms with Gasteiger partial charge in [0.15, 0.2) is 5.58 Å². The molecule has 76 valence electrons. The minimum atomic E-state index is -1.14. The number of nitrogens with one attached hydrogen (secondary N) is 1. The number of hydrogen-bond donors (Lipinski definition) is 2. The van der Waals surface area contributed by atoms with Crippen LogP contribution >= 0.6 is 0 Å². The molecule has 0 bridgehead atoms. The molecule has 0 aliphatic rings. The number of oxazole rings is 1. The zero-order valence-electron chi connectivity index (χ0n) is 7.54. The summed E-state index contributed by atoms with van der Waals surface area (Å²) in [5, 5.41) is 11.7. The number of anilines is 1. The van der Waals surface area contributed by atoms with Crippen LogP contribution in [-0.2, 0) is 4.79 Å². The lowest BCUT2D eigenvalue weighted by atomic mass is 10.3. The normalized spacial score (nSPS) is 10.9. The third-order valence-electron chi connectivity index (χ3n) is 1.63. The van der Waals surface area contributed by atoms with Gasteiger partial charge < -0.3 is 9.52 Å². The molecule has 0 fully saturated rings. The van der Waals surface area contributed by atoms with Crippen LogP contribution in [0.2, 0.25) is 0 Å². The van der Waals surface area contributed by atoms with Gasteiger partial charge in [-0.1, -0.05) is 12.1 Å². The van der Waals surface area contributed by atoms with Crippen LogP contribution in [0.3, 0.4) is 0 Å². The monoisotopic (exact) mass is 205 g/mol. The summed E-state index contributed by atoms with van der Waals surface area (Å²) in [7, 11) is 0. The number of rotatable bonds is 3. The van der Waals surface area contributed by atoms with Crippen LogP contribution in [-0.4, -0.2) is 22.3 Å². The van der Waals surface area contributed by atoms with Crippen LogP contribution in [0.5, 0.6) is 0 Å². The molecule has 0 aliphatic heterocycles. The minimum Gasteiger partial charge on any atom is -0.477 e. The molecule has 2 N–H and O–H groups in total. The average molecular weight is 205 g/mol. The van der Waals surface area contributed by atoms with Gasteiger partial charge in [0, 0.05) is 0 Å². The second kappa shape index (κ2) is 3.79. The maximum Gasteiger partial charge on any atom is 0.348 e. The highest BCUT2D eigenvalue weighted by molar-refractivity contribution is 6.22. The van der Waals surface area contributed by atoms with E-state index in [1.54, 1.807) is 12.1 Å². The van der Waals surface area contributed by atoms with Gasteiger partial charge in [-0.15, -0.1) is 0 Å². The Kier molecular flexibility index (Phi) is 2.32. The average Bonchev–Trinajstić information content (AvgIpc) is 2.59. The van der Waals surface area contributed by atoms with E-state index in [4.69, 9.17) is 9.52 Å². The molecular weight excluding hydrogens is 198 g/mol. The van der Waals surface area contributed by atoms with Crippen molar-refractivity contribution in [1.82, 2.24) is 4.98 Å². The summed E-state index contributed by atoms with van der Waals surface area (Å²) in [6.07, 6.45) is 0.717. The molecule has 0 amide bonds. The van der Waals surface area contributed by atoms with Crippen molar-refractivity contribution in [3.05, 3.63) is 24.3 Å². The van der Waals surface area contributed by atoms with Gasteiger partial charge in [-0.25, -0.2) is 10.2 Å². The Hall–Kier alpha value is -2.37. The molecule has 0 saturated heterocycles. The molecule has 15 heavy (non-hydrogen) atoms. The Morgan fingerprint density at radius 3 is 3.07 bits per heavy atom. The first-order valence-corrected chi connectivity index (χ1v) is 4.13. The van der Waals surface area contributed by atoms with E-state index >= 15 is 0 Å². The van der Waals surface area contributed by atoms with Crippen molar-refractivity contribution in [3.63, 3.8) is 0 Å². The summed E-state index contributed by atoms with van der Waals surface area (Å²) in [4.78, 5) is 14.1. The van der Waals surface area contributed by atoms with Gasteiger partial charge in [0.25, 0.3) is 0 Å². The molecule has 0 unspecified atom stereocenters. The Balaban J connectivity index is 2.19. The van der Waals surface area contributed by atoms with Crippen molar-refractivity contribution in [3.8, 4) is 0 Å². The number of hydrazone groups is 1. The van der Waals surface area contributed by atoms with E-state index < -0.39 is 5.97 Å². The van der Waals surface area contributed by atoms with Crippen LogP contribution in [0.15, 0.2) is 33.8 Å².